The zero-order valence-corrected chi connectivity index (χ0v) is 16.8. The standard InChI is InChI=1S/C21H25N3O3S/c1-2-23(15-19(25)22-14-16-8-7-13-28-16)11-5-6-12-24-20(26)17-9-3-4-10-18(17)21(24)27/h3-4,7-10,13H,2,5-6,11-12,14-15H2,1H3,(H,22,25). The topological polar surface area (TPSA) is 69.7 Å². The summed E-state index contributed by atoms with van der Waals surface area (Å²) in [7, 11) is 0. The van der Waals surface area contributed by atoms with E-state index in [2.05, 4.69) is 10.2 Å². The van der Waals surface area contributed by atoms with Gasteiger partial charge in [0.1, 0.15) is 0 Å². The Balaban J connectivity index is 1.38. The number of carbonyl (C=O) groups is 3. The normalized spacial score (nSPS) is 13.3. The highest BCUT2D eigenvalue weighted by molar-refractivity contribution is 7.09. The third-order valence-electron chi connectivity index (χ3n) is 4.84. The maximum absolute atomic E-state index is 12.3. The van der Waals surface area contributed by atoms with Crippen LogP contribution in [0.15, 0.2) is 41.8 Å². The zero-order valence-electron chi connectivity index (χ0n) is 16.0. The van der Waals surface area contributed by atoms with E-state index < -0.39 is 0 Å². The second-order valence-corrected chi connectivity index (χ2v) is 7.77. The van der Waals surface area contributed by atoms with Crippen LogP contribution < -0.4 is 5.32 Å². The third kappa shape index (κ3) is 4.85. The maximum atomic E-state index is 12.3. The van der Waals surface area contributed by atoms with Crippen molar-refractivity contribution >= 4 is 29.1 Å². The van der Waals surface area contributed by atoms with Crippen LogP contribution in [0.2, 0.25) is 0 Å². The summed E-state index contributed by atoms with van der Waals surface area (Å²) >= 11 is 1.63. The molecule has 0 bridgehead atoms. The van der Waals surface area contributed by atoms with Crippen molar-refractivity contribution in [2.75, 3.05) is 26.2 Å². The lowest BCUT2D eigenvalue weighted by molar-refractivity contribution is -0.122. The number of hydrogen-bond donors (Lipinski definition) is 1. The summed E-state index contributed by atoms with van der Waals surface area (Å²) in [6, 6.07) is 10.9. The molecular formula is C21H25N3O3S. The Morgan fingerprint density at radius 1 is 1.07 bits per heavy atom. The molecule has 0 saturated heterocycles. The van der Waals surface area contributed by atoms with Gasteiger partial charge in [0.15, 0.2) is 0 Å². The Bertz CT molecular complexity index is 800. The van der Waals surface area contributed by atoms with E-state index in [0.29, 0.717) is 30.8 Å². The van der Waals surface area contributed by atoms with Crippen molar-refractivity contribution in [1.29, 1.82) is 0 Å². The maximum Gasteiger partial charge on any atom is 0.261 e. The molecule has 2 aromatic rings. The highest BCUT2D eigenvalue weighted by atomic mass is 32.1. The summed E-state index contributed by atoms with van der Waals surface area (Å²) in [5.41, 5.74) is 0.982. The molecule has 1 aromatic heterocycles. The summed E-state index contributed by atoms with van der Waals surface area (Å²) < 4.78 is 0. The zero-order chi connectivity index (χ0) is 19.9. The van der Waals surface area contributed by atoms with Crippen molar-refractivity contribution in [3.63, 3.8) is 0 Å². The number of nitrogens with zero attached hydrogens (tertiary/aromatic N) is 2. The summed E-state index contributed by atoms with van der Waals surface area (Å²) in [5.74, 6) is -0.405. The Kier molecular flexibility index (Phi) is 6.95. The monoisotopic (exact) mass is 399 g/mol. The van der Waals surface area contributed by atoms with Crippen LogP contribution in [0.25, 0.3) is 0 Å². The van der Waals surface area contributed by atoms with E-state index in [0.717, 1.165) is 30.8 Å². The fraction of sp³-hybridized carbons (Fsp3) is 0.381. The Morgan fingerprint density at radius 2 is 1.79 bits per heavy atom. The number of thiophene rings is 1. The number of carbonyl (C=O) groups excluding carboxylic acids is 3. The summed E-state index contributed by atoms with van der Waals surface area (Å²) in [4.78, 5) is 41.4. The Labute approximate surface area is 169 Å². The number of unbranched alkanes of at least 4 members (excludes halogenated alkanes) is 1. The van der Waals surface area contributed by atoms with Crippen molar-refractivity contribution in [3.8, 4) is 0 Å². The molecule has 1 aromatic carbocycles. The van der Waals surface area contributed by atoms with Crippen LogP contribution in [0.5, 0.6) is 0 Å². The van der Waals surface area contributed by atoms with E-state index in [1.807, 2.05) is 24.4 Å². The Hall–Kier alpha value is -2.51. The van der Waals surface area contributed by atoms with Crippen LogP contribution >= 0.6 is 11.3 Å². The number of benzene rings is 1. The second-order valence-electron chi connectivity index (χ2n) is 6.74. The average molecular weight is 400 g/mol. The van der Waals surface area contributed by atoms with Crippen molar-refractivity contribution in [2.45, 2.75) is 26.3 Å². The van der Waals surface area contributed by atoms with Gasteiger partial charge in [-0.15, -0.1) is 11.3 Å². The second kappa shape index (κ2) is 9.61. The first kappa shape index (κ1) is 20.2. The fourth-order valence-electron chi connectivity index (χ4n) is 3.25. The summed E-state index contributed by atoms with van der Waals surface area (Å²) in [5, 5.41) is 4.93. The van der Waals surface area contributed by atoms with Gasteiger partial charge >= 0.3 is 0 Å². The molecule has 0 atom stereocenters. The number of rotatable bonds is 10. The molecule has 1 N–H and O–H groups in total. The molecule has 6 nitrogen and oxygen atoms in total. The number of hydrogen-bond acceptors (Lipinski definition) is 5. The van der Waals surface area contributed by atoms with Crippen molar-refractivity contribution in [3.05, 3.63) is 57.8 Å². The van der Waals surface area contributed by atoms with Gasteiger partial charge in [-0.25, -0.2) is 0 Å². The van der Waals surface area contributed by atoms with Crippen LogP contribution in [0.4, 0.5) is 0 Å². The van der Waals surface area contributed by atoms with Gasteiger partial charge < -0.3 is 5.32 Å². The fourth-order valence-corrected chi connectivity index (χ4v) is 3.90. The smallest absolute Gasteiger partial charge is 0.261 e. The van der Waals surface area contributed by atoms with Crippen LogP contribution in [0, 0.1) is 0 Å². The van der Waals surface area contributed by atoms with E-state index in [1.165, 1.54) is 4.90 Å². The van der Waals surface area contributed by atoms with Crippen LogP contribution in [0.3, 0.4) is 0 Å². The molecule has 3 rings (SSSR count). The van der Waals surface area contributed by atoms with Gasteiger partial charge in [0, 0.05) is 11.4 Å². The van der Waals surface area contributed by atoms with Gasteiger partial charge in [0.25, 0.3) is 11.8 Å². The summed E-state index contributed by atoms with van der Waals surface area (Å²) in [6.45, 7) is 4.89. The van der Waals surface area contributed by atoms with Crippen molar-refractivity contribution in [2.24, 2.45) is 0 Å². The molecule has 3 amide bonds. The van der Waals surface area contributed by atoms with E-state index in [1.54, 1.807) is 35.6 Å². The van der Waals surface area contributed by atoms with Gasteiger partial charge in [-0.1, -0.05) is 25.1 Å². The first-order valence-electron chi connectivity index (χ1n) is 9.56. The molecule has 0 unspecified atom stereocenters. The predicted octanol–water partition coefficient (Wildman–Crippen LogP) is 2.76. The summed E-state index contributed by atoms with van der Waals surface area (Å²) in [6.07, 6.45) is 1.54. The highest BCUT2D eigenvalue weighted by Gasteiger charge is 2.34. The number of likely N-dealkylation sites (N-methyl/N-ethyl adjacent to an activating group) is 1. The minimum absolute atomic E-state index is 0.00981. The number of nitrogens with one attached hydrogen (secondary N) is 1. The molecule has 0 fully saturated rings. The number of fused-ring (bicyclic) bond motifs is 1. The molecule has 2 heterocycles. The molecule has 0 saturated carbocycles. The molecule has 148 valence electrons. The van der Waals surface area contributed by atoms with Gasteiger partial charge in [-0.05, 0) is 49.5 Å². The van der Waals surface area contributed by atoms with E-state index in [-0.39, 0.29) is 17.7 Å². The first-order chi connectivity index (χ1) is 13.6. The molecule has 7 heteroatoms. The van der Waals surface area contributed by atoms with Crippen LogP contribution in [-0.2, 0) is 11.3 Å². The molecule has 1 aliphatic heterocycles. The van der Waals surface area contributed by atoms with Gasteiger partial charge in [0.05, 0.1) is 24.2 Å². The lowest BCUT2D eigenvalue weighted by atomic mass is 10.1. The molecule has 0 spiro atoms. The van der Waals surface area contributed by atoms with Crippen LogP contribution in [-0.4, -0.2) is 53.7 Å². The van der Waals surface area contributed by atoms with E-state index in [4.69, 9.17) is 0 Å². The lowest BCUT2D eigenvalue weighted by Gasteiger charge is -2.20. The SMILES string of the molecule is CCN(CCCCN1C(=O)c2ccccc2C1=O)CC(=O)NCc1cccs1. The van der Waals surface area contributed by atoms with E-state index in [9.17, 15) is 14.4 Å². The first-order valence-corrected chi connectivity index (χ1v) is 10.4. The highest BCUT2D eigenvalue weighted by Crippen LogP contribution is 2.22. The predicted molar refractivity (Wildman–Crippen MR) is 109 cm³/mol. The lowest BCUT2D eigenvalue weighted by Crippen LogP contribution is -2.37. The largest absolute Gasteiger partial charge is 0.350 e. The van der Waals surface area contributed by atoms with Crippen molar-refractivity contribution in [1.82, 2.24) is 15.1 Å². The molecule has 1 aliphatic rings. The number of imide groups is 1. The Morgan fingerprint density at radius 3 is 2.39 bits per heavy atom. The third-order valence-corrected chi connectivity index (χ3v) is 5.71. The quantitative estimate of drug-likeness (QED) is 0.493. The van der Waals surface area contributed by atoms with E-state index >= 15 is 0 Å². The molecule has 0 aliphatic carbocycles. The van der Waals surface area contributed by atoms with Crippen LogP contribution in [0.1, 0.15) is 45.4 Å². The average Bonchev–Trinajstić information content (AvgIpc) is 3.31. The van der Waals surface area contributed by atoms with Gasteiger partial charge in [0.2, 0.25) is 5.91 Å². The van der Waals surface area contributed by atoms with Crippen molar-refractivity contribution < 1.29 is 14.4 Å². The molecular weight excluding hydrogens is 374 g/mol. The molecule has 28 heavy (non-hydrogen) atoms. The minimum atomic E-state index is -0.207. The molecule has 0 radical (unpaired) electrons. The minimum Gasteiger partial charge on any atom is -0.350 e. The van der Waals surface area contributed by atoms with Gasteiger partial charge in [-0.3, -0.25) is 24.2 Å². The van der Waals surface area contributed by atoms with Gasteiger partial charge in [-0.2, -0.15) is 0 Å². The number of amides is 3.